The van der Waals surface area contributed by atoms with Gasteiger partial charge in [0, 0.05) is 24.5 Å². The van der Waals surface area contributed by atoms with Gasteiger partial charge in [0.15, 0.2) is 5.13 Å². The van der Waals surface area contributed by atoms with Crippen molar-refractivity contribution in [2.75, 3.05) is 15.7 Å². The molecule has 0 fully saturated rings. The van der Waals surface area contributed by atoms with Gasteiger partial charge in [-0.15, -0.1) is 0 Å². The lowest BCUT2D eigenvalue weighted by Crippen LogP contribution is -2.35. The zero-order valence-corrected chi connectivity index (χ0v) is 22.3. The van der Waals surface area contributed by atoms with Crippen LogP contribution in [0.15, 0.2) is 96.2 Å². The highest BCUT2D eigenvalue weighted by Gasteiger charge is 2.29. The molecule has 0 atom stereocenters. The van der Waals surface area contributed by atoms with E-state index in [-0.39, 0.29) is 28.4 Å². The number of carbonyl (C=O) groups is 1. The number of anilines is 2. The highest BCUT2D eigenvalue weighted by molar-refractivity contribution is 7.92. The molecule has 1 aliphatic rings. The molecule has 0 saturated heterocycles. The summed E-state index contributed by atoms with van der Waals surface area (Å²) >= 11 is 1.21. The number of nitrogens with zero attached hydrogens (tertiary/aromatic N) is 4. The number of amides is 1. The summed E-state index contributed by atoms with van der Waals surface area (Å²) in [6.07, 6.45) is 4.86. The first-order chi connectivity index (χ1) is 18.9. The first-order valence-electron chi connectivity index (χ1n) is 12.4. The number of carbonyl (C=O) groups excluding carboxylic acids is 1. The Labute approximate surface area is 229 Å². The molecule has 0 bridgehead atoms. The first kappa shape index (κ1) is 25.1. The Morgan fingerprint density at radius 2 is 1.82 bits per heavy atom. The third kappa shape index (κ3) is 4.77. The minimum absolute atomic E-state index is 0.108. The number of aromatic nitrogens is 2. The molecule has 5 aromatic rings. The molecule has 0 unspecified atom stereocenters. The second kappa shape index (κ2) is 10.2. The summed E-state index contributed by atoms with van der Waals surface area (Å²) in [5, 5.41) is 0.338. The van der Waals surface area contributed by atoms with Gasteiger partial charge in [0.1, 0.15) is 11.3 Å². The fourth-order valence-corrected chi connectivity index (χ4v) is 7.24. The summed E-state index contributed by atoms with van der Waals surface area (Å²) in [7, 11) is -3.81. The van der Waals surface area contributed by atoms with Gasteiger partial charge in [-0.25, -0.2) is 17.8 Å². The van der Waals surface area contributed by atoms with Gasteiger partial charge in [0.25, 0.3) is 15.9 Å². The zero-order chi connectivity index (χ0) is 27.0. The Balaban J connectivity index is 1.33. The summed E-state index contributed by atoms with van der Waals surface area (Å²) < 4.78 is 43.5. The lowest BCUT2D eigenvalue weighted by atomic mass is 10.0. The van der Waals surface area contributed by atoms with Crippen LogP contribution in [0.4, 0.5) is 15.2 Å². The number of thiazole rings is 1. The predicted molar refractivity (Wildman–Crippen MR) is 150 cm³/mol. The van der Waals surface area contributed by atoms with Crippen molar-refractivity contribution in [3.63, 3.8) is 0 Å². The Hall–Kier alpha value is -4.15. The van der Waals surface area contributed by atoms with E-state index in [9.17, 15) is 17.6 Å². The van der Waals surface area contributed by atoms with E-state index in [1.54, 1.807) is 30.6 Å². The van der Waals surface area contributed by atoms with E-state index in [0.29, 0.717) is 22.1 Å². The number of para-hydroxylation sites is 2. The molecule has 7 nitrogen and oxygen atoms in total. The average Bonchev–Trinajstić information content (AvgIpc) is 3.41. The fraction of sp³-hybridized carbons (Fsp3) is 0.138. The lowest BCUT2D eigenvalue weighted by molar-refractivity contribution is 0.0985. The predicted octanol–water partition coefficient (Wildman–Crippen LogP) is 5.82. The zero-order valence-electron chi connectivity index (χ0n) is 20.7. The normalized spacial score (nSPS) is 13.3. The second-order valence-corrected chi connectivity index (χ2v) is 12.0. The fourth-order valence-electron chi connectivity index (χ4n) is 4.72. The highest BCUT2D eigenvalue weighted by Crippen LogP contribution is 2.34. The molecule has 6 rings (SSSR count). The molecule has 0 aliphatic carbocycles. The van der Waals surface area contributed by atoms with Crippen LogP contribution in [0.2, 0.25) is 0 Å². The van der Waals surface area contributed by atoms with E-state index < -0.39 is 15.8 Å². The summed E-state index contributed by atoms with van der Waals surface area (Å²) in [5.74, 6) is -0.844. The topological polar surface area (TPSA) is 83.5 Å². The average molecular weight is 559 g/mol. The molecule has 39 heavy (non-hydrogen) atoms. The van der Waals surface area contributed by atoms with Gasteiger partial charge >= 0.3 is 0 Å². The van der Waals surface area contributed by atoms with Crippen LogP contribution in [0, 0.1) is 5.82 Å². The highest BCUT2D eigenvalue weighted by atomic mass is 32.2. The van der Waals surface area contributed by atoms with Gasteiger partial charge in [-0.1, -0.05) is 41.7 Å². The van der Waals surface area contributed by atoms with Crippen LogP contribution in [-0.2, 0) is 23.0 Å². The van der Waals surface area contributed by atoms with E-state index in [1.165, 1.54) is 50.9 Å². The molecule has 1 amide bonds. The Morgan fingerprint density at radius 3 is 2.59 bits per heavy atom. The van der Waals surface area contributed by atoms with Crippen molar-refractivity contribution in [2.45, 2.75) is 24.3 Å². The van der Waals surface area contributed by atoms with Crippen molar-refractivity contribution in [2.24, 2.45) is 0 Å². The molecule has 2 aromatic heterocycles. The van der Waals surface area contributed by atoms with Gasteiger partial charge in [0.2, 0.25) is 0 Å². The van der Waals surface area contributed by atoms with Crippen molar-refractivity contribution < 1.29 is 17.6 Å². The smallest absolute Gasteiger partial charge is 0.264 e. The van der Waals surface area contributed by atoms with E-state index in [1.807, 2.05) is 30.3 Å². The SMILES string of the molecule is O=C(c1ccc(S(=O)(=O)N2CCCc3ccccc32)cc1)N(Cc1cccnc1)c1nc2c(F)cccc2s1. The van der Waals surface area contributed by atoms with E-state index in [2.05, 4.69) is 9.97 Å². The Bertz CT molecular complexity index is 1770. The van der Waals surface area contributed by atoms with E-state index in [4.69, 9.17) is 0 Å². The molecule has 0 spiro atoms. The maximum absolute atomic E-state index is 14.4. The van der Waals surface area contributed by atoms with Gasteiger partial charge < -0.3 is 0 Å². The van der Waals surface area contributed by atoms with Crippen LogP contribution in [0.5, 0.6) is 0 Å². The minimum Gasteiger partial charge on any atom is -0.279 e. The van der Waals surface area contributed by atoms with Gasteiger partial charge in [-0.05, 0) is 72.5 Å². The van der Waals surface area contributed by atoms with Gasteiger partial charge in [-0.3, -0.25) is 19.0 Å². The third-order valence-electron chi connectivity index (χ3n) is 6.65. The van der Waals surface area contributed by atoms with Crippen molar-refractivity contribution >= 4 is 48.3 Å². The Kier molecular flexibility index (Phi) is 6.58. The Morgan fingerprint density at radius 1 is 1.00 bits per heavy atom. The molecule has 196 valence electrons. The second-order valence-electron chi connectivity index (χ2n) is 9.17. The van der Waals surface area contributed by atoms with Crippen molar-refractivity contribution in [3.8, 4) is 0 Å². The molecule has 0 N–H and O–H groups in total. The third-order valence-corrected chi connectivity index (χ3v) is 9.53. The quantitative estimate of drug-likeness (QED) is 0.262. The molecule has 0 saturated carbocycles. The maximum Gasteiger partial charge on any atom is 0.264 e. The number of fused-ring (bicyclic) bond motifs is 2. The van der Waals surface area contributed by atoms with Crippen molar-refractivity contribution in [1.82, 2.24) is 9.97 Å². The standard InChI is InChI=1S/C29H23FN4O3S2/c30-24-9-3-11-26-27(24)32-29(38-26)33(19-20-6-4-16-31-18-20)28(35)22-12-14-23(15-13-22)39(36,37)34-17-5-8-21-7-1-2-10-25(21)34/h1-4,6-7,9-16,18H,5,8,17,19H2. The molecule has 1 aliphatic heterocycles. The molecule has 3 aromatic carbocycles. The summed E-state index contributed by atoms with van der Waals surface area (Å²) in [5.41, 5.74) is 2.95. The number of halogens is 1. The van der Waals surface area contributed by atoms with Crippen LogP contribution in [0.1, 0.15) is 27.9 Å². The molecular formula is C29H23FN4O3S2. The van der Waals surface area contributed by atoms with Gasteiger partial charge in [0.05, 0.1) is 21.8 Å². The van der Waals surface area contributed by atoms with Crippen molar-refractivity contribution in [1.29, 1.82) is 0 Å². The summed E-state index contributed by atoms with van der Waals surface area (Å²) in [6, 6.07) is 21.7. The monoisotopic (exact) mass is 558 g/mol. The largest absolute Gasteiger partial charge is 0.279 e. The number of hydrogen-bond donors (Lipinski definition) is 0. The van der Waals surface area contributed by atoms with Crippen molar-refractivity contribution in [3.05, 3.63) is 114 Å². The lowest BCUT2D eigenvalue weighted by Gasteiger charge is -2.30. The number of pyridine rings is 1. The number of rotatable bonds is 6. The van der Waals surface area contributed by atoms with Crippen LogP contribution in [0.3, 0.4) is 0 Å². The number of aryl methyl sites for hydroxylation is 1. The first-order valence-corrected chi connectivity index (χ1v) is 14.6. The summed E-state index contributed by atoms with van der Waals surface area (Å²) in [4.78, 5) is 23.9. The number of sulfonamides is 1. The minimum atomic E-state index is -3.81. The van der Waals surface area contributed by atoms with Crippen LogP contribution in [-0.4, -0.2) is 30.8 Å². The number of hydrogen-bond acceptors (Lipinski definition) is 6. The van der Waals surface area contributed by atoms with Crippen LogP contribution in [0.25, 0.3) is 10.2 Å². The molecule has 0 radical (unpaired) electrons. The van der Waals surface area contributed by atoms with Gasteiger partial charge in [-0.2, -0.15) is 0 Å². The van der Waals surface area contributed by atoms with Crippen LogP contribution < -0.4 is 9.21 Å². The number of benzene rings is 3. The van der Waals surface area contributed by atoms with Crippen LogP contribution >= 0.6 is 11.3 Å². The summed E-state index contributed by atoms with van der Waals surface area (Å²) in [6.45, 7) is 0.561. The molecular weight excluding hydrogens is 535 g/mol. The molecule has 3 heterocycles. The van der Waals surface area contributed by atoms with E-state index >= 15 is 0 Å². The molecule has 10 heteroatoms. The maximum atomic E-state index is 14.4. The van der Waals surface area contributed by atoms with E-state index in [0.717, 1.165) is 24.0 Å².